The van der Waals surface area contributed by atoms with Gasteiger partial charge in [-0.3, -0.25) is 4.79 Å². The second kappa shape index (κ2) is 10.8. The molecule has 2 N–H and O–H groups in total. The molecule has 218 valence electrons. The van der Waals surface area contributed by atoms with Crippen molar-refractivity contribution in [2.75, 3.05) is 26.8 Å². The molecule has 7 rings (SSSR count). The van der Waals surface area contributed by atoms with E-state index in [-0.39, 0.29) is 11.9 Å². The Morgan fingerprint density at radius 2 is 1.98 bits per heavy atom. The SMILES string of the molecule is COc1cc(C(=O)N2CCCC(N)C2)cn2nc(-c3cc4ccnc(OCCn5cnnc5)c4n3CC3CC3)c(C)c12. The second-order valence-electron chi connectivity index (χ2n) is 11.4. The van der Waals surface area contributed by atoms with E-state index in [9.17, 15) is 4.79 Å². The summed E-state index contributed by atoms with van der Waals surface area (Å²) in [5, 5.41) is 13.8. The minimum atomic E-state index is -0.0535. The third-order valence-corrected chi connectivity index (χ3v) is 8.35. The van der Waals surface area contributed by atoms with Gasteiger partial charge in [-0.1, -0.05) is 0 Å². The fraction of sp³-hybridized carbons (Fsp3) is 0.433. The zero-order valence-electron chi connectivity index (χ0n) is 23.9. The van der Waals surface area contributed by atoms with E-state index in [1.807, 2.05) is 27.8 Å². The Morgan fingerprint density at radius 1 is 1.14 bits per heavy atom. The van der Waals surface area contributed by atoms with Crippen LogP contribution >= 0.6 is 0 Å². The summed E-state index contributed by atoms with van der Waals surface area (Å²) in [5.74, 6) is 1.76. The van der Waals surface area contributed by atoms with Crippen LogP contribution in [0.3, 0.4) is 0 Å². The molecule has 1 atom stereocenters. The predicted molar refractivity (Wildman–Crippen MR) is 157 cm³/mol. The molecule has 0 spiro atoms. The smallest absolute Gasteiger partial charge is 0.255 e. The number of aromatic nitrogens is 7. The molecule has 1 saturated heterocycles. The van der Waals surface area contributed by atoms with Crippen LogP contribution in [0.25, 0.3) is 27.8 Å². The van der Waals surface area contributed by atoms with Crippen molar-refractivity contribution in [2.45, 2.75) is 51.7 Å². The van der Waals surface area contributed by atoms with Crippen molar-refractivity contribution >= 4 is 22.3 Å². The Hall–Kier alpha value is -4.45. The number of nitrogens with two attached hydrogens (primary N) is 1. The van der Waals surface area contributed by atoms with Crippen LogP contribution in [0.1, 0.15) is 41.6 Å². The van der Waals surface area contributed by atoms with Gasteiger partial charge in [-0.05, 0) is 56.7 Å². The molecule has 1 aliphatic carbocycles. The number of ether oxygens (including phenoxy) is 2. The fourth-order valence-electron chi connectivity index (χ4n) is 6.00. The monoisotopic (exact) mass is 569 g/mol. The molecule has 0 bridgehead atoms. The highest BCUT2D eigenvalue weighted by Gasteiger charge is 2.29. The minimum Gasteiger partial charge on any atom is -0.494 e. The van der Waals surface area contributed by atoms with Gasteiger partial charge in [-0.15, -0.1) is 10.2 Å². The van der Waals surface area contributed by atoms with Crippen molar-refractivity contribution in [1.29, 1.82) is 0 Å². The number of rotatable bonds is 9. The number of pyridine rings is 2. The molecule has 1 unspecified atom stereocenters. The van der Waals surface area contributed by atoms with E-state index < -0.39 is 0 Å². The lowest BCUT2D eigenvalue weighted by atomic mass is 10.1. The van der Waals surface area contributed by atoms with Crippen molar-refractivity contribution in [3.8, 4) is 23.0 Å². The first-order valence-corrected chi connectivity index (χ1v) is 14.6. The normalized spacial score (nSPS) is 17.3. The Bertz CT molecular complexity index is 1750. The molecule has 6 heterocycles. The molecule has 1 saturated carbocycles. The zero-order valence-corrected chi connectivity index (χ0v) is 23.9. The average Bonchev–Trinajstić information content (AvgIpc) is 3.36. The third-order valence-electron chi connectivity index (χ3n) is 8.35. The van der Waals surface area contributed by atoms with Gasteiger partial charge in [0.25, 0.3) is 5.91 Å². The summed E-state index contributed by atoms with van der Waals surface area (Å²) in [4.78, 5) is 19.9. The van der Waals surface area contributed by atoms with E-state index in [1.165, 1.54) is 12.8 Å². The van der Waals surface area contributed by atoms with Crippen LogP contribution in [-0.2, 0) is 13.1 Å². The number of nitrogens with zero attached hydrogens (tertiary/aromatic N) is 8. The molecule has 5 aromatic heterocycles. The van der Waals surface area contributed by atoms with Gasteiger partial charge < -0.3 is 29.2 Å². The lowest BCUT2D eigenvalue weighted by Gasteiger charge is -2.30. The number of piperidine rings is 1. The third kappa shape index (κ3) is 4.85. The van der Waals surface area contributed by atoms with E-state index in [4.69, 9.17) is 20.3 Å². The van der Waals surface area contributed by atoms with Gasteiger partial charge in [0.05, 0.1) is 24.9 Å². The Kier molecular flexibility index (Phi) is 6.77. The van der Waals surface area contributed by atoms with Gasteiger partial charge in [0.15, 0.2) is 0 Å². The Labute approximate surface area is 243 Å². The van der Waals surface area contributed by atoms with E-state index in [1.54, 1.807) is 30.5 Å². The molecule has 2 aliphatic rings. The number of methoxy groups -OCH3 is 1. The highest BCUT2D eigenvalue weighted by Crippen LogP contribution is 2.40. The Morgan fingerprint density at radius 3 is 2.74 bits per heavy atom. The van der Waals surface area contributed by atoms with E-state index in [0.29, 0.717) is 49.4 Å². The standard InChI is InChI=1S/C30H35N9O3/c1-19-26(35-39-15-22(13-25(41-2)27(19)39)30(40)37-9-3-4-23(31)16-37)24-12-21-7-8-32-29(28(21)38(24)14-20-5-6-20)42-11-10-36-17-33-34-18-36/h7-8,12-13,15,17-18,20,23H,3-6,9-11,14,16,31H2,1-2H3. The first kappa shape index (κ1) is 26.4. The Balaban J connectivity index is 1.29. The number of likely N-dealkylation sites (tertiary alicyclic amines) is 1. The number of hydrogen-bond acceptors (Lipinski definition) is 8. The second-order valence-corrected chi connectivity index (χ2v) is 11.4. The van der Waals surface area contributed by atoms with Crippen molar-refractivity contribution < 1.29 is 14.3 Å². The molecule has 0 radical (unpaired) electrons. The van der Waals surface area contributed by atoms with Crippen molar-refractivity contribution in [3.05, 3.63) is 54.4 Å². The summed E-state index contributed by atoms with van der Waals surface area (Å²) in [7, 11) is 1.63. The number of fused-ring (bicyclic) bond motifs is 2. The summed E-state index contributed by atoms with van der Waals surface area (Å²) >= 11 is 0. The summed E-state index contributed by atoms with van der Waals surface area (Å²) < 4.78 is 18.0. The maximum Gasteiger partial charge on any atom is 0.255 e. The summed E-state index contributed by atoms with van der Waals surface area (Å²) in [6, 6.07) is 6.00. The molecule has 2 fully saturated rings. The van der Waals surface area contributed by atoms with Gasteiger partial charge in [-0.2, -0.15) is 5.10 Å². The van der Waals surface area contributed by atoms with Crippen LogP contribution in [0.4, 0.5) is 0 Å². The van der Waals surface area contributed by atoms with Crippen LogP contribution in [0.2, 0.25) is 0 Å². The van der Waals surface area contributed by atoms with Gasteiger partial charge in [0.1, 0.15) is 41.7 Å². The minimum absolute atomic E-state index is 0.00605. The number of hydrogen-bond donors (Lipinski definition) is 1. The number of carbonyl (C=O) groups is 1. The van der Waals surface area contributed by atoms with Gasteiger partial charge in [0.2, 0.25) is 5.88 Å². The molecule has 1 amide bonds. The lowest BCUT2D eigenvalue weighted by molar-refractivity contribution is 0.0707. The van der Waals surface area contributed by atoms with Crippen LogP contribution in [0.15, 0.2) is 43.2 Å². The van der Waals surface area contributed by atoms with E-state index in [0.717, 1.165) is 52.8 Å². The highest BCUT2D eigenvalue weighted by molar-refractivity contribution is 5.96. The van der Waals surface area contributed by atoms with Gasteiger partial charge in [-0.25, -0.2) is 9.50 Å². The largest absolute Gasteiger partial charge is 0.494 e. The topological polar surface area (TPSA) is 131 Å². The van der Waals surface area contributed by atoms with Crippen LogP contribution in [0.5, 0.6) is 11.6 Å². The molecule has 1 aliphatic heterocycles. The van der Waals surface area contributed by atoms with Gasteiger partial charge in [0, 0.05) is 49.0 Å². The fourth-order valence-corrected chi connectivity index (χ4v) is 6.00. The van der Waals surface area contributed by atoms with E-state index >= 15 is 0 Å². The van der Waals surface area contributed by atoms with Crippen molar-refractivity contribution in [1.82, 2.24) is 38.8 Å². The maximum atomic E-state index is 13.5. The number of carbonyl (C=O) groups excluding carboxylic acids is 1. The molecule has 5 aromatic rings. The van der Waals surface area contributed by atoms with Crippen LogP contribution in [0, 0.1) is 12.8 Å². The molecule has 0 aromatic carbocycles. The summed E-state index contributed by atoms with van der Waals surface area (Å²) in [6.07, 6.45) is 11.2. The summed E-state index contributed by atoms with van der Waals surface area (Å²) in [5.41, 5.74) is 11.3. The first-order valence-electron chi connectivity index (χ1n) is 14.6. The molecular weight excluding hydrogens is 534 g/mol. The zero-order chi connectivity index (χ0) is 28.8. The first-order chi connectivity index (χ1) is 20.5. The molecule has 12 nitrogen and oxygen atoms in total. The quantitative estimate of drug-likeness (QED) is 0.286. The van der Waals surface area contributed by atoms with Crippen molar-refractivity contribution in [3.63, 3.8) is 0 Å². The highest BCUT2D eigenvalue weighted by atomic mass is 16.5. The van der Waals surface area contributed by atoms with Crippen LogP contribution < -0.4 is 15.2 Å². The van der Waals surface area contributed by atoms with Crippen LogP contribution in [-0.4, -0.2) is 77.6 Å². The van der Waals surface area contributed by atoms with Gasteiger partial charge >= 0.3 is 0 Å². The summed E-state index contributed by atoms with van der Waals surface area (Å²) in [6.45, 7) is 5.24. The molecule has 12 heteroatoms. The molecule has 42 heavy (non-hydrogen) atoms. The number of amides is 1. The predicted octanol–water partition coefficient (Wildman–Crippen LogP) is 3.31. The average molecular weight is 570 g/mol. The lowest BCUT2D eigenvalue weighted by Crippen LogP contribution is -2.45. The number of aryl methyl sites for hydroxylation is 1. The maximum absolute atomic E-state index is 13.5. The van der Waals surface area contributed by atoms with E-state index in [2.05, 4.69) is 32.7 Å². The molecular formula is C30H35N9O3. The van der Waals surface area contributed by atoms with Crippen molar-refractivity contribution in [2.24, 2.45) is 11.7 Å².